The van der Waals surface area contributed by atoms with Crippen LogP contribution >= 0.6 is 0 Å². The molecule has 0 aliphatic carbocycles. The normalized spacial score (nSPS) is 13.9. The Morgan fingerprint density at radius 3 is 2.71 bits per heavy atom. The minimum absolute atomic E-state index is 0.188. The summed E-state index contributed by atoms with van der Waals surface area (Å²) in [5.41, 5.74) is 0.915. The van der Waals surface area contributed by atoms with E-state index in [1.165, 1.54) is 0 Å². The van der Waals surface area contributed by atoms with E-state index in [2.05, 4.69) is 37.3 Å². The summed E-state index contributed by atoms with van der Waals surface area (Å²) in [7, 11) is 3.71. The zero-order chi connectivity index (χ0) is 12.9. The molecular weight excluding hydrogens is 214 g/mol. The van der Waals surface area contributed by atoms with Crippen LogP contribution in [0.4, 0.5) is 0 Å². The second kappa shape index (κ2) is 6.17. The largest absolute Gasteiger partial charge is 0.377 e. The van der Waals surface area contributed by atoms with Gasteiger partial charge >= 0.3 is 0 Å². The van der Waals surface area contributed by atoms with Crippen molar-refractivity contribution in [3.8, 4) is 0 Å². The molecule has 1 N–H and O–H groups in total. The van der Waals surface area contributed by atoms with Crippen molar-refractivity contribution < 1.29 is 4.74 Å². The molecule has 4 heteroatoms. The molecule has 0 radical (unpaired) electrons. The molecule has 1 aromatic heterocycles. The van der Waals surface area contributed by atoms with Crippen molar-refractivity contribution in [2.24, 2.45) is 7.05 Å². The Balaban J connectivity index is 2.69. The van der Waals surface area contributed by atoms with Crippen molar-refractivity contribution in [3.05, 3.63) is 18.0 Å². The molecule has 0 fully saturated rings. The van der Waals surface area contributed by atoms with Crippen molar-refractivity contribution in [1.82, 2.24) is 15.1 Å². The molecule has 4 nitrogen and oxygen atoms in total. The first-order chi connectivity index (χ1) is 7.99. The Morgan fingerprint density at radius 2 is 2.24 bits per heavy atom. The van der Waals surface area contributed by atoms with Gasteiger partial charge in [0.05, 0.1) is 11.3 Å². The monoisotopic (exact) mass is 239 g/mol. The molecule has 1 heterocycles. The number of rotatable bonds is 7. The van der Waals surface area contributed by atoms with E-state index < -0.39 is 0 Å². The molecular formula is C13H25N3O. The molecule has 1 unspecified atom stereocenters. The smallest absolute Gasteiger partial charge is 0.0778 e. The number of hydrogen-bond acceptors (Lipinski definition) is 3. The summed E-state index contributed by atoms with van der Waals surface area (Å²) in [6.07, 6.45) is 3.99. The fraction of sp³-hybridized carbons (Fsp3) is 0.769. The van der Waals surface area contributed by atoms with Gasteiger partial charge in [0.25, 0.3) is 0 Å². The van der Waals surface area contributed by atoms with Gasteiger partial charge in [-0.15, -0.1) is 0 Å². The highest BCUT2D eigenvalue weighted by Crippen LogP contribution is 2.17. The van der Waals surface area contributed by atoms with Gasteiger partial charge in [0.15, 0.2) is 0 Å². The first-order valence-corrected chi connectivity index (χ1v) is 6.26. The Hall–Kier alpha value is -0.870. The standard InChI is InChI=1S/C13H25N3O/c1-6-8-14-12(13(2,3)17-5)10-11-7-9-16(4)15-11/h7,9,12,14H,6,8,10H2,1-5H3. The highest BCUT2D eigenvalue weighted by atomic mass is 16.5. The van der Waals surface area contributed by atoms with Crippen LogP contribution in [0.5, 0.6) is 0 Å². The van der Waals surface area contributed by atoms with Gasteiger partial charge in [-0.1, -0.05) is 6.92 Å². The van der Waals surface area contributed by atoms with Crippen LogP contribution in [0.2, 0.25) is 0 Å². The molecule has 98 valence electrons. The minimum atomic E-state index is -0.188. The highest BCUT2D eigenvalue weighted by Gasteiger charge is 2.29. The zero-order valence-corrected chi connectivity index (χ0v) is 11.7. The predicted molar refractivity (Wildman–Crippen MR) is 70.1 cm³/mol. The fourth-order valence-electron chi connectivity index (χ4n) is 1.81. The van der Waals surface area contributed by atoms with Crippen LogP contribution in [-0.2, 0) is 18.2 Å². The van der Waals surface area contributed by atoms with E-state index in [1.54, 1.807) is 7.11 Å². The van der Waals surface area contributed by atoms with Gasteiger partial charge in [0.2, 0.25) is 0 Å². The molecule has 1 rings (SSSR count). The molecule has 1 aromatic rings. The molecule has 0 spiro atoms. The van der Waals surface area contributed by atoms with E-state index in [1.807, 2.05) is 17.9 Å². The van der Waals surface area contributed by atoms with Crippen molar-refractivity contribution >= 4 is 0 Å². The van der Waals surface area contributed by atoms with Crippen LogP contribution in [0.1, 0.15) is 32.9 Å². The van der Waals surface area contributed by atoms with Crippen molar-refractivity contribution in [2.45, 2.75) is 45.3 Å². The number of aromatic nitrogens is 2. The Bertz CT molecular complexity index is 333. The zero-order valence-electron chi connectivity index (χ0n) is 11.7. The summed E-state index contributed by atoms with van der Waals surface area (Å²) in [6.45, 7) is 7.40. The number of hydrogen-bond donors (Lipinski definition) is 1. The van der Waals surface area contributed by atoms with Gasteiger partial charge in [0.1, 0.15) is 0 Å². The first-order valence-electron chi connectivity index (χ1n) is 6.26. The van der Waals surface area contributed by atoms with Gasteiger partial charge in [-0.05, 0) is 32.9 Å². The summed E-state index contributed by atoms with van der Waals surface area (Å²) < 4.78 is 7.42. The summed E-state index contributed by atoms with van der Waals surface area (Å²) in [5, 5.41) is 7.97. The number of aryl methyl sites for hydroxylation is 1. The van der Waals surface area contributed by atoms with Crippen LogP contribution in [0.3, 0.4) is 0 Å². The lowest BCUT2D eigenvalue weighted by molar-refractivity contribution is -0.0102. The SMILES string of the molecule is CCCNC(Cc1ccn(C)n1)C(C)(C)OC. The Labute approximate surface area is 104 Å². The second-order valence-corrected chi connectivity index (χ2v) is 5.00. The molecule has 0 aliphatic heterocycles. The highest BCUT2D eigenvalue weighted by molar-refractivity contribution is 5.04. The topological polar surface area (TPSA) is 39.1 Å². The van der Waals surface area contributed by atoms with E-state index in [0.717, 1.165) is 25.1 Å². The maximum Gasteiger partial charge on any atom is 0.0778 e. The molecule has 17 heavy (non-hydrogen) atoms. The second-order valence-electron chi connectivity index (χ2n) is 5.00. The van der Waals surface area contributed by atoms with Crippen LogP contribution in [0, 0.1) is 0 Å². The molecule has 0 saturated heterocycles. The molecule has 0 aliphatic rings. The van der Waals surface area contributed by atoms with Crippen molar-refractivity contribution in [1.29, 1.82) is 0 Å². The lowest BCUT2D eigenvalue weighted by Gasteiger charge is -2.33. The average Bonchev–Trinajstić information content (AvgIpc) is 2.70. The predicted octanol–water partition coefficient (Wildman–Crippen LogP) is 1.76. The first kappa shape index (κ1) is 14.2. The summed E-state index contributed by atoms with van der Waals surface area (Å²) >= 11 is 0. The third kappa shape index (κ3) is 4.13. The van der Waals surface area contributed by atoms with Gasteiger partial charge in [-0.25, -0.2) is 0 Å². The lowest BCUT2D eigenvalue weighted by Crippen LogP contribution is -2.49. The van der Waals surface area contributed by atoms with Gasteiger partial charge in [-0.2, -0.15) is 5.10 Å². The molecule has 0 bridgehead atoms. The van der Waals surface area contributed by atoms with E-state index in [0.29, 0.717) is 0 Å². The molecule has 0 aromatic carbocycles. The molecule has 0 saturated carbocycles. The Kier molecular flexibility index (Phi) is 5.15. The van der Waals surface area contributed by atoms with Crippen LogP contribution in [0.25, 0.3) is 0 Å². The summed E-state index contributed by atoms with van der Waals surface area (Å²) in [6, 6.07) is 2.34. The van der Waals surface area contributed by atoms with E-state index >= 15 is 0 Å². The number of nitrogens with one attached hydrogen (secondary N) is 1. The maximum atomic E-state index is 5.58. The quantitative estimate of drug-likeness (QED) is 0.788. The van der Waals surface area contributed by atoms with Crippen LogP contribution < -0.4 is 5.32 Å². The third-order valence-corrected chi connectivity index (χ3v) is 3.19. The summed E-state index contributed by atoms with van der Waals surface area (Å²) in [5.74, 6) is 0. The molecule has 1 atom stereocenters. The number of methoxy groups -OCH3 is 1. The average molecular weight is 239 g/mol. The third-order valence-electron chi connectivity index (χ3n) is 3.19. The van der Waals surface area contributed by atoms with Gasteiger partial charge < -0.3 is 10.1 Å². The van der Waals surface area contributed by atoms with Crippen LogP contribution in [-0.4, -0.2) is 35.1 Å². The van der Waals surface area contributed by atoms with Crippen LogP contribution in [0.15, 0.2) is 12.3 Å². The lowest BCUT2D eigenvalue weighted by atomic mass is 9.94. The van der Waals surface area contributed by atoms with E-state index in [9.17, 15) is 0 Å². The molecule has 0 amide bonds. The van der Waals surface area contributed by atoms with Crippen molar-refractivity contribution in [3.63, 3.8) is 0 Å². The maximum absolute atomic E-state index is 5.58. The Morgan fingerprint density at radius 1 is 1.53 bits per heavy atom. The van der Waals surface area contributed by atoms with Gasteiger partial charge in [-0.3, -0.25) is 4.68 Å². The van der Waals surface area contributed by atoms with E-state index in [-0.39, 0.29) is 11.6 Å². The van der Waals surface area contributed by atoms with Gasteiger partial charge in [0, 0.05) is 32.8 Å². The van der Waals surface area contributed by atoms with Crippen molar-refractivity contribution in [2.75, 3.05) is 13.7 Å². The minimum Gasteiger partial charge on any atom is -0.377 e. The summed E-state index contributed by atoms with van der Waals surface area (Å²) in [4.78, 5) is 0. The van der Waals surface area contributed by atoms with E-state index in [4.69, 9.17) is 4.74 Å². The fourth-order valence-corrected chi connectivity index (χ4v) is 1.81. The number of ether oxygens (including phenoxy) is 1. The number of nitrogens with zero attached hydrogens (tertiary/aromatic N) is 2.